The first kappa shape index (κ1) is 17.7. The molecule has 1 aliphatic carbocycles. The smallest absolute Gasteiger partial charge is 0.193 e. The summed E-state index contributed by atoms with van der Waals surface area (Å²) in [6.45, 7) is 0. The first-order valence-corrected chi connectivity index (χ1v) is 10.2. The third kappa shape index (κ3) is 3.68. The summed E-state index contributed by atoms with van der Waals surface area (Å²) in [5.41, 5.74) is 5.36. The van der Waals surface area contributed by atoms with E-state index in [1.54, 1.807) is 36.3 Å². The summed E-state index contributed by atoms with van der Waals surface area (Å²) >= 11 is 1.59. The second kappa shape index (κ2) is 7.58. The average molecular weight is 403 g/mol. The predicted octanol–water partition coefficient (Wildman–Crippen LogP) is 3.35. The summed E-state index contributed by atoms with van der Waals surface area (Å²) in [7, 11) is 0. The Labute approximate surface area is 171 Å². The van der Waals surface area contributed by atoms with Crippen LogP contribution in [0.2, 0.25) is 0 Å². The second-order valence-corrected chi connectivity index (χ2v) is 7.68. The molecular weight excluding hydrogens is 386 g/mol. The van der Waals surface area contributed by atoms with Gasteiger partial charge in [0.05, 0.1) is 23.7 Å². The molecule has 1 saturated carbocycles. The second-order valence-electron chi connectivity index (χ2n) is 6.77. The third-order valence-electron chi connectivity index (χ3n) is 4.67. The average Bonchev–Trinajstić information content (AvgIpc) is 3.34. The van der Waals surface area contributed by atoms with Gasteiger partial charge in [-0.25, -0.2) is 0 Å². The molecule has 3 heterocycles. The molecule has 1 aliphatic heterocycles. The van der Waals surface area contributed by atoms with Crippen LogP contribution in [0.25, 0.3) is 17.1 Å². The van der Waals surface area contributed by atoms with Crippen molar-refractivity contribution in [3.05, 3.63) is 66.1 Å². The molecule has 3 aromatic rings. The molecule has 2 aliphatic rings. The summed E-state index contributed by atoms with van der Waals surface area (Å²) in [6, 6.07) is 13.8. The molecule has 1 aromatic carbocycles. The largest absolute Gasteiger partial charge is 0.387 e. The van der Waals surface area contributed by atoms with Gasteiger partial charge in [0, 0.05) is 29.6 Å². The summed E-state index contributed by atoms with van der Waals surface area (Å²) in [5.74, 6) is 2.15. The van der Waals surface area contributed by atoms with Crippen LogP contribution in [-0.4, -0.2) is 30.6 Å². The van der Waals surface area contributed by atoms with Crippen LogP contribution in [0.4, 0.5) is 0 Å². The minimum absolute atomic E-state index is 0.457. The van der Waals surface area contributed by atoms with E-state index in [1.807, 2.05) is 35.5 Å². The van der Waals surface area contributed by atoms with E-state index >= 15 is 0 Å². The summed E-state index contributed by atoms with van der Waals surface area (Å²) in [5, 5.41) is 20.6. The topological polar surface area (TPSA) is 91.9 Å². The fourth-order valence-electron chi connectivity index (χ4n) is 3.10. The Morgan fingerprint density at radius 2 is 2.03 bits per heavy atom. The molecule has 0 radical (unpaired) electrons. The van der Waals surface area contributed by atoms with Gasteiger partial charge in [-0.05, 0) is 37.1 Å². The molecule has 2 aromatic heterocycles. The van der Waals surface area contributed by atoms with Gasteiger partial charge in [0.15, 0.2) is 16.7 Å². The van der Waals surface area contributed by atoms with E-state index in [0.29, 0.717) is 23.2 Å². The van der Waals surface area contributed by atoms with Crippen molar-refractivity contribution in [3.8, 4) is 17.5 Å². The molecule has 1 N–H and O–H groups in total. The Kier molecular flexibility index (Phi) is 4.63. The molecule has 8 nitrogen and oxygen atoms in total. The molecule has 9 heteroatoms. The Morgan fingerprint density at radius 3 is 2.83 bits per heavy atom. The lowest BCUT2D eigenvalue weighted by atomic mass is 10.1. The van der Waals surface area contributed by atoms with Gasteiger partial charge in [0.1, 0.15) is 0 Å². The highest BCUT2D eigenvalue weighted by Crippen LogP contribution is 2.41. The van der Waals surface area contributed by atoms with Gasteiger partial charge in [-0.15, -0.1) is 10.2 Å². The Balaban J connectivity index is 1.32. The van der Waals surface area contributed by atoms with Crippen molar-refractivity contribution in [2.24, 2.45) is 0 Å². The van der Waals surface area contributed by atoms with Gasteiger partial charge in [0.25, 0.3) is 0 Å². The molecule has 5 rings (SSSR count). The van der Waals surface area contributed by atoms with Crippen LogP contribution in [-0.2, 0) is 4.84 Å². The molecular formula is C20H17N7OS. The summed E-state index contributed by atoms with van der Waals surface area (Å²) in [4.78, 5) is 9.65. The Bertz CT molecular complexity index is 1100. The van der Waals surface area contributed by atoms with Gasteiger partial charge in [-0.2, -0.15) is 5.26 Å². The van der Waals surface area contributed by atoms with Crippen molar-refractivity contribution < 1.29 is 4.84 Å². The molecule has 0 saturated heterocycles. The number of benzene rings is 1. The number of nitrogens with zero attached hydrogens (tertiary/aromatic N) is 6. The zero-order chi connectivity index (χ0) is 19.6. The zero-order valence-electron chi connectivity index (χ0n) is 15.4. The number of hydrazine groups is 1. The lowest BCUT2D eigenvalue weighted by molar-refractivity contribution is 0.0607. The number of pyridine rings is 1. The van der Waals surface area contributed by atoms with Gasteiger partial charge in [-0.3, -0.25) is 14.6 Å². The van der Waals surface area contributed by atoms with E-state index in [4.69, 9.17) is 10.1 Å². The van der Waals surface area contributed by atoms with Gasteiger partial charge < -0.3 is 4.84 Å². The van der Waals surface area contributed by atoms with Crippen molar-refractivity contribution >= 4 is 17.5 Å². The molecule has 1 fully saturated rings. The van der Waals surface area contributed by atoms with Crippen LogP contribution in [0.1, 0.15) is 30.0 Å². The molecule has 144 valence electrons. The Morgan fingerprint density at radius 1 is 1.17 bits per heavy atom. The van der Waals surface area contributed by atoms with E-state index < -0.39 is 0 Å². The van der Waals surface area contributed by atoms with Crippen LogP contribution >= 0.6 is 11.8 Å². The van der Waals surface area contributed by atoms with Crippen molar-refractivity contribution in [2.45, 2.75) is 24.0 Å². The number of hydrogen-bond donors (Lipinski definition) is 1. The number of aromatic nitrogens is 4. The van der Waals surface area contributed by atoms with E-state index in [9.17, 15) is 0 Å². The van der Waals surface area contributed by atoms with Crippen molar-refractivity contribution in [1.29, 1.82) is 5.26 Å². The first-order valence-electron chi connectivity index (χ1n) is 9.21. The minimum Gasteiger partial charge on any atom is -0.387 e. The molecule has 0 amide bonds. The maximum atomic E-state index is 9.07. The lowest BCUT2D eigenvalue weighted by Crippen LogP contribution is -2.27. The maximum Gasteiger partial charge on any atom is 0.193 e. The van der Waals surface area contributed by atoms with Crippen LogP contribution in [0.5, 0.6) is 0 Å². The van der Waals surface area contributed by atoms with E-state index in [1.165, 1.54) is 0 Å². The Hall–Kier alpha value is -3.35. The van der Waals surface area contributed by atoms with E-state index in [0.717, 1.165) is 34.9 Å². The molecule has 0 unspecified atom stereocenters. The van der Waals surface area contributed by atoms with Gasteiger partial charge in [0.2, 0.25) is 0 Å². The van der Waals surface area contributed by atoms with Gasteiger partial charge in [-0.1, -0.05) is 29.5 Å². The fourth-order valence-corrected chi connectivity index (χ4v) is 3.96. The van der Waals surface area contributed by atoms with Gasteiger partial charge >= 0.3 is 0 Å². The summed E-state index contributed by atoms with van der Waals surface area (Å²) < 4.78 is 2.22. The quantitative estimate of drug-likeness (QED) is 0.627. The number of nitrogens with one attached hydrogen (secondary N) is 1. The molecule has 29 heavy (non-hydrogen) atoms. The third-order valence-corrected chi connectivity index (χ3v) is 5.61. The highest BCUT2D eigenvalue weighted by Gasteiger charge is 2.30. The van der Waals surface area contributed by atoms with E-state index in [2.05, 4.69) is 31.4 Å². The standard InChI is InChI=1S/C20H17N7OS/c21-11-14-2-1-3-16(10-14)18-12-26(25-28-18)13-29-20-24-23-19(27(20)17-4-5-17)15-6-8-22-9-7-15/h1-3,6-10,12,17,25H,4-5,13H2. The van der Waals surface area contributed by atoms with Crippen molar-refractivity contribution in [1.82, 2.24) is 30.3 Å². The number of hydrogen-bond acceptors (Lipinski definition) is 8. The highest BCUT2D eigenvalue weighted by atomic mass is 32.2. The zero-order valence-corrected chi connectivity index (χ0v) is 16.2. The van der Waals surface area contributed by atoms with Crippen molar-refractivity contribution in [2.75, 3.05) is 5.88 Å². The van der Waals surface area contributed by atoms with Crippen LogP contribution in [0.3, 0.4) is 0 Å². The molecule has 0 spiro atoms. The van der Waals surface area contributed by atoms with Crippen LogP contribution < -0.4 is 5.59 Å². The number of thioether (sulfide) groups is 1. The first-order chi connectivity index (χ1) is 14.3. The number of nitriles is 1. The maximum absolute atomic E-state index is 9.07. The van der Waals surface area contributed by atoms with Crippen LogP contribution in [0, 0.1) is 11.3 Å². The normalized spacial score (nSPS) is 15.7. The monoisotopic (exact) mass is 403 g/mol. The lowest BCUT2D eigenvalue weighted by Gasteiger charge is -2.13. The van der Waals surface area contributed by atoms with Crippen molar-refractivity contribution in [3.63, 3.8) is 0 Å². The van der Waals surface area contributed by atoms with Crippen LogP contribution in [0.15, 0.2) is 60.1 Å². The SMILES string of the molecule is N#Cc1cccc(C2=CN(CSc3nnc(-c4ccncc4)n3C3CC3)NO2)c1. The predicted molar refractivity (Wildman–Crippen MR) is 107 cm³/mol. The summed E-state index contributed by atoms with van der Waals surface area (Å²) in [6.07, 6.45) is 7.72. The van der Waals surface area contributed by atoms with E-state index in [-0.39, 0.29) is 0 Å². The fraction of sp³-hybridized carbons (Fsp3) is 0.200. The minimum atomic E-state index is 0.457. The molecule has 0 atom stereocenters. The number of rotatable bonds is 6. The molecule has 0 bridgehead atoms. The highest BCUT2D eigenvalue weighted by molar-refractivity contribution is 7.99.